The Balaban J connectivity index is 0.00000320. The number of aliphatic imine (C=N–C) groups is 1. The number of anilines is 1. The monoisotopic (exact) mass is 523 g/mol. The molecule has 2 aromatic rings. The highest BCUT2D eigenvalue weighted by Crippen LogP contribution is 2.27. The van der Waals surface area contributed by atoms with E-state index in [4.69, 9.17) is 4.99 Å². The summed E-state index contributed by atoms with van der Waals surface area (Å²) in [5.41, 5.74) is 3.44. The first kappa shape index (κ1) is 24.3. The SMILES string of the molecule is CCNC(=NCc1ccc(CN(C)C)cc1)N1CCN(c2ccccc2O)CC1.I. The van der Waals surface area contributed by atoms with Gasteiger partial charge >= 0.3 is 0 Å². The lowest BCUT2D eigenvalue weighted by molar-refractivity contribution is 0.369. The largest absolute Gasteiger partial charge is 0.506 e. The number of nitrogens with one attached hydrogen (secondary N) is 1. The van der Waals surface area contributed by atoms with Gasteiger partial charge in [0.2, 0.25) is 0 Å². The molecule has 0 saturated carbocycles. The fraction of sp³-hybridized carbons (Fsp3) is 0.435. The number of hydrogen-bond donors (Lipinski definition) is 2. The third-order valence-corrected chi connectivity index (χ3v) is 5.07. The highest BCUT2D eigenvalue weighted by molar-refractivity contribution is 14.0. The van der Waals surface area contributed by atoms with Crippen LogP contribution < -0.4 is 10.2 Å². The minimum absolute atomic E-state index is 0. The van der Waals surface area contributed by atoms with Gasteiger partial charge in [-0.3, -0.25) is 0 Å². The van der Waals surface area contributed by atoms with Gasteiger partial charge in [0, 0.05) is 39.3 Å². The van der Waals surface area contributed by atoms with Gasteiger partial charge in [-0.05, 0) is 44.3 Å². The molecule has 30 heavy (non-hydrogen) atoms. The number of phenolic OH excluding ortho intramolecular Hbond substituents is 1. The van der Waals surface area contributed by atoms with Gasteiger partial charge in [-0.25, -0.2) is 4.99 Å². The van der Waals surface area contributed by atoms with Crippen LogP contribution in [0.15, 0.2) is 53.5 Å². The maximum Gasteiger partial charge on any atom is 0.194 e. The zero-order chi connectivity index (χ0) is 20.6. The van der Waals surface area contributed by atoms with Crippen LogP contribution in [0.1, 0.15) is 18.1 Å². The van der Waals surface area contributed by atoms with Gasteiger partial charge in [0.15, 0.2) is 5.96 Å². The molecular formula is C23H34IN5O. The van der Waals surface area contributed by atoms with Crippen molar-refractivity contribution in [3.63, 3.8) is 0 Å². The molecule has 1 aliphatic heterocycles. The van der Waals surface area contributed by atoms with Crippen molar-refractivity contribution < 1.29 is 5.11 Å². The topological polar surface area (TPSA) is 54.3 Å². The second kappa shape index (κ2) is 12.0. The van der Waals surface area contributed by atoms with E-state index in [1.54, 1.807) is 6.07 Å². The Morgan fingerprint density at radius 1 is 1.00 bits per heavy atom. The highest BCUT2D eigenvalue weighted by atomic mass is 127. The average Bonchev–Trinajstić information content (AvgIpc) is 2.72. The lowest BCUT2D eigenvalue weighted by Gasteiger charge is -2.37. The van der Waals surface area contributed by atoms with Gasteiger partial charge in [-0.15, -0.1) is 24.0 Å². The number of phenols is 1. The number of hydrogen-bond acceptors (Lipinski definition) is 4. The Hall–Kier alpha value is -2.00. The van der Waals surface area contributed by atoms with Crippen LogP contribution >= 0.6 is 24.0 Å². The smallest absolute Gasteiger partial charge is 0.194 e. The lowest BCUT2D eigenvalue weighted by atomic mass is 10.1. The summed E-state index contributed by atoms with van der Waals surface area (Å²) in [7, 11) is 4.17. The quantitative estimate of drug-likeness (QED) is 0.346. The van der Waals surface area contributed by atoms with Crippen LogP contribution in [0.25, 0.3) is 0 Å². The molecule has 1 fully saturated rings. The maximum absolute atomic E-state index is 10.1. The van der Waals surface area contributed by atoms with Crippen LogP contribution in [0, 0.1) is 0 Å². The highest BCUT2D eigenvalue weighted by Gasteiger charge is 2.21. The van der Waals surface area contributed by atoms with Crippen LogP contribution in [0.5, 0.6) is 5.75 Å². The molecule has 2 N–H and O–H groups in total. The molecule has 0 radical (unpaired) electrons. The van der Waals surface area contributed by atoms with Gasteiger partial charge < -0.3 is 25.1 Å². The zero-order valence-electron chi connectivity index (χ0n) is 18.2. The number of guanidine groups is 1. The summed E-state index contributed by atoms with van der Waals surface area (Å²) in [5.74, 6) is 1.31. The van der Waals surface area contributed by atoms with E-state index >= 15 is 0 Å². The van der Waals surface area contributed by atoms with E-state index < -0.39 is 0 Å². The van der Waals surface area contributed by atoms with E-state index in [1.165, 1.54) is 11.1 Å². The van der Waals surface area contributed by atoms with Crippen LogP contribution in [-0.4, -0.2) is 67.7 Å². The van der Waals surface area contributed by atoms with Crippen molar-refractivity contribution in [2.45, 2.75) is 20.0 Å². The molecule has 1 saturated heterocycles. The third-order valence-electron chi connectivity index (χ3n) is 5.07. The fourth-order valence-corrected chi connectivity index (χ4v) is 3.60. The van der Waals surface area contributed by atoms with Crippen molar-refractivity contribution in [1.29, 1.82) is 0 Å². The Bertz CT molecular complexity index is 801. The van der Waals surface area contributed by atoms with Crippen molar-refractivity contribution in [2.75, 3.05) is 51.7 Å². The first-order valence-corrected chi connectivity index (χ1v) is 10.4. The van der Waals surface area contributed by atoms with E-state index in [2.05, 4.69) is 65.3 Å². The van der Waals surface area contributed by atoms with Gasteiger partial charge in [0.25, 0.3) is 0 Å². The number of aromatic hydroxyl groups is 1. The summed E-state index contributed by atoms with van der Waals surface area (Å²) in [6.07, 6.45) is 0. The van der Waals surface area contributed by atoms with E-state index in [9.17, 15) is 5.11 Å². The lowest BCUT2D eigenvalue weighted by Crippen LogP contribution is -2.52. The van der Waals surface area contributed by atoms with Crippen LogP contribution in [0.3, 0.4) is 0 Å². The standard InChI is InChI=1S/C23H33N5O.HI/c1-4-24-23(25-17-19-9-11-20(12-10-19)18-26(2)3)28-15-13-27(14-16-28)21-7-5-6-8-22(21)29;/h5-12,29H,4,13-18H2,1-3H3,(H,24,25);1H. The molecule has 0 spiro atoms. The first-order valence-electron chi connectivity index (χ1n) is 10.4. The molecule has 1 aliphatic rings. The van der Waals surface area contributed by atoms with Gasteiger partial charge in [0.1, 0.15) is 5.75 Å². The van der Waals surface area contributed by atoms with Crippen LogP contribution in [0.4, 0.5) is 5.69 Å². The zero-order valence-corrected chi connectivity index (χ0v) is 20.5. The molecule has 0 bridgehead atoms. The molecule has 0 unspecified atom stereocenters. The molecule has 1 heterocycles. The molecular weight excluding hydrogens is 489 g/mol. The summed E-state index contributed by atoms with van der Waals surface area (Å²) in [5, 5.41) is 13.5. The second-order valence-electron chi connectivity index (χ2n) is 7.69. The van der Waals surface area contributed by atoms with Crippen molar-refractivity contribution in [2.24, 2.45) is 4.99 Å². The Morgan fingerprint density at radius 2 is 1.63 bits per heavy atom. The third kappa shape index (κ3) is 6.77. The molecule has 0 atom stereocenters. The van der Waals surface area contributed by atoms with Crippen LogP contribution in [0.2, 0.25) is 0 Å². The molecule has 3 rings (SSSR count). The first-order chi connectivity index (χ1) is 14.1. The molecule has 0 aromatic heterocycles. The van der Waals surface area contributed by atoms with Crippen molar-refractivity contribution in [3.05, 3.63) is 59.7 Å². The molecule has 0 amide bonds. The van der Waals surface area contributed by atoms with E-state index in [0.717, 1.165) is 50.9 Å². The number of rotatable bonds is 6. The van der Waals surface area contributed by atoms with E-state index in [1.807, 2.05) is 18.2 Å². The van der Waals surface area contributed by atoms with E-state index in [0.29, 0.717) is 12.3 Å². The van der Waals surface area contributed by atoms with Gasteiger partial charge in [-0.2, -0.15) is 0 Å². The Morgan fingerprint density at radius 3 is 2.23 bits per heavy atom. The average molecular weight is 523 g/mol. The summed E-state index contributed by atoms with van der Waals surface area (Å²) in [4.78, 5) is 11.6. The summed E-state index contributed by atoms with van der Waals surface area (Å²) >= 11 is 0. The number of piperazine rings is 1. The summed E-state index contributed by atoms with van der Waals surface area (Å²) < 4.78 is 0. The van der Waals surface area contributed by atoms with Crippen molar-refractivity contribution in [1.82, 2.24) is 15.1 Å². The molecule has 164 valence electrons. The normalized spacial score (nSPS) is 14.6. The van der Waals surface area contributed by atoms with Crippen LogP contribution in [-0.2, 0) is 13.1 Å². The number of para-hydroxylation sites is 2. The van der Waals surface area contributed by atoms with Gasteiger partial charge in [-0.1, -0.05) is 36.4 Å². The van der Waals surface area contributed by atoms with Crippen molar-refractivity contribution in [3.8, 4) is 5.75 Å². The minimum Gasteiger partial charge on any atom is -0.506 e. The maximum atomic E-state index is 10.1. The Labute approximate surface area is 197 Å². The summed E-state index contributed by atoms with van der Waals surface area (Å²) in [6.45, 7) is 8.05. The number of nitrogens with zero attached hydrogens (tertiary/aromatic N) is 4. The predicted octanol–water partition coefficient (Wildman–Crippen LogP) is 3.36. The number of halogens is 1. The fourth-order valence-electron chi connectivity index (χ4n) is 3.60. The Kier molecular flexibility index (Phi) is 9.71. The van der Waals surface area contributed by atoms with Gasteiger partial charge in [0.05, 0.1) is 12.2 Å². The molecule has 0 aliphatic carbocycles. The van der Waals surface area contributed by atoms with E-state index in [-0.39, 0.29) is 24.0 Å². The second-order valence-corrected chi connectivity index (χ2v) is 7.69. The molecule has 7 heteroatoms. The molecule has 2 aromatic carbocycles. The number of benzene rings is 2. The predicted molar refractivity (Wildman–Crippen MR) is 136 cm³/mol. The minimum atomic E-state index is 0. The van der Waals surface area contributed by atoms with Crippen molar-refractivity contribution >= 4 is 35.6 Å². The summed E-state index contributed by atoms with van der Waals surface area (Å²) in [6, 6.07) is 16.3. The molecule has 6 nitrogen and oxygen atoms in total.